The summed E-state index contributed by atoms with van der Waals surface area (Å²) < 4.78 is 0. The first-order valence-corrected chi connectivity index (χ1v) is 7.80. The molecule has 2 saturated heterocycles. The molecule has 3 heterocycles. The van der Waals surface area contributed by atoms with Gasteiger partial charge in [0.05, 0.1) is 0 Å². The van der Waals surface area contributed by atoms with Crippen molar-refractivity contribution in [2.75, 3.05) is 18.4 Å². The van der Waals surface area contributed by atoms with E-state index in [2.05, 4.69) is 34.2 Å². The summed E-state index contributed by atoms with van der Waals surface area (Å²) in [6, 6.07) is 8.23. The van der Waals surface area contributed by atoms with Crippen molar-refractivity contribution in [3.63, 3.8) is 0 Å². The summed E-state index contributed by atoms with van der Waals surface area (Å²) in [4.78, 5) is 23.6. The molecule has 2 bridgehead atoms. The molecule has 1 saturated carbocycles. The number of piperidine rings is 2. The molecule has 114 valence electrons. The molecule has 2 amide bonds. The number of hydrogen-bond acceptors (Lipinski definition) is 4. The van der Waals surface area contributed by atoms with Crippen LogP contribution in [0.25, 0.3) is 5.57 Å². The Morgan fingerprint density at radius 1 is 1.14 bits per heavy atom. The van der Waals surface area contributed by atoms with Gasteiger partial charge in [-0.25, -0.2) is 0 Å². The Kier molecular flexibility index (Phi) is 3.04. The summed E-state index contributed by atoms with van der Waals surface area (Å²) in [5, 5.41) is 9.08. The third-order valence-corrected chi connectivity index (χ3v) is 4.94. The first kappa shape index (κ1) is 13.5. The van der Waals surface area contributed by atoms with Crippen molar-refractivity contribution in [3.8, 4) is 0 Å². The van der Waals surface area contributed by atoms with Gasteiger partial charge in [-0.2, -0.15) is 0 Å². The van der Waals surface area contributed by atoms with Gasteiger partial charge in [0.25, 0.3) is 5.91 Å². The molecule has 1 aromatic carbocycles. The number of imide groups is 1. The number of amides is 2. The zero-order valence-corrected chi connectivity index (χ0v) is 12.3. The molecule has 0 aromatic heterocycles. The normalized spacial score (nSPS) is 30.2. The van der Waals surface area contributed by atoms with Gasteiger partial charge in [0.1, 0.15) is 5.54 Å². The highest BCUT2D eigenvalue weighted by Gasteiger charge is 2.57. The maximum absolute atomic E-state index is 12.1. The lowest BCUT2D eigenvalue weighted by molar-refractivity contribution is -0.148. The third-order valence-electron chi connectivity index (χ3n) is 4.94. The second kappa shape index (κ2) is 4.95. The van der Waals surface area contributed by atoms with Crippen LogP contribution in [0, 0.1) is 5.92 Å². The van der Waals surface area contributed by atoms with E-state index in [9.17, 15) is 9.59 Å². The predicted octanol–water partition coefficient (Wildman–Crippen LogP) is 1.28. The number of anilines is 1. The Morgan fingerprint density at radius 2 is 1.91 bits per heavy atom. The van der Waals surface area contributed by atoms with E-state index >= 15 is 0 Å². The Balaban J connectivity index is 1.49. The van der Waals surface area contributed by atoms with Crippen LogP contribution in [0.5, 0.6) is 0 Å². The van der Waals surface area contributed by atoms with Crippen molar-refractivity contribution in [1.82, 2.24) is 10.6 Å². The first-order chi connectivity index (χ1) is 10.7. The smallest absolute Gasteiger partial charge is 0.252 e. The fraction of sp³-hybridized carbons (Fsp3) is 0.412. The molecular formula is C17H19N3O2. The summed E-state index contributed by atoms with van der Waals surface area (Å²) in [6.07, 6.45) is 4.48. The number of nitrogens with one attached hydrogen (secondary N) is 3. The summed E-state index contributed by atoms with van der Waals surface area (Å²) in [5.41, 5.74) is 2.95. The van der Waals surface area contributed by atoms with E-state index in [0.717, 1.165) is 25.2 Å². The molecule has 5 nitrogen and oxygen atoms in total. The quantitative estimate of drug-likeness (QED) is 0.735. The van der Waals surface area contributed by atoms with Crippen LogP contribution in [0.4, 0.5) is 5.69 Å². The molecule has 0 radical (unpaired) electrons. The van der Waals surface area contributed by atoms with Gasteiger partial charge < -0.3 is 10.6 Å². The van der Waals surface area contributed by atoms with Crippen LogP contribution in [0.15, 0.2) is 30.3 Å². The van der Waals surface area contributed by atoms with Gasteiger partial charge in [-0.15, -0.1) is 0 Å². The van der Waals surface area contributed by atoms with Crippen molar-refractivity contribution < 1.29 is 9.59 Å². The summed E-state index contributed by atoms with van der Waals surface area (Å²) in [6.45, 7) is 1.94. The SMILES string of the molecule is O=C1NC(=O)C2(Nc3ccc(C4=CCNCC4)cc3)CC1C2. The number of carbonyl (C=O) groups excluding carboxylic acids is 2. The number of hydrogen-bond donors (Lipinski definition) is 3. The highest BCUT2D eigenvalue weighted by molar-refractivity contribution is 6.08. The molecular weight excluding hydrogens is 278 g/mol. The Bertz CT molecular complexity index is 657. The fourth-order valence-electron chi connectivity index (χ4n) is 3.57. The topological polar surface area (TPSA) is 70.2 Å². The maximum atomic E-state index is 12.1. The Morgan fingerprint density at radius 3 is 2.55 bits per heavy atom. The standard InChI is InChI=1S/C17H19N3O2/c21-15-13-9-17(10-13,16(22)19-15)20-14-3-1-11(2-4-14)12-5-7-18-8-6-12/h1-5,13,18,20H,6-10H2,(H,19,21,22). The lowest BCUT2D eigenvalue weighted by atomic mass is 9.64. The molecule has 1 aliphatic carbocycles. The average Bonchev–Trinajstić information content (AvgIpc) is 2.50. The largest absolute Gasteiger partial charge is 0.371 e. The predicted molar refractivity (Wildman–Crippen MR) is 84.1 cm³/mol. The molecule has 0 spiro atoms. The van der Waals surface area contributed by atoms with E-state index in [-0.39, 0.29) is 17.7 Å². The lowest BCUT2D eigenvalue weighted by Crippen LogP contribution is -2.69. The van der Waals surface area contributed by atoms with E-state index in [0.29, 0.717) is 12.8 Å². The number of fused-ring (bicyclic) bond motifs is 2. The first-order valence-electron chi connectivity index (χ1n) is 7.80. The molecule has 0 atom stereocenters. The van der Waals surface area contributed by atoms with Crippen LogP contribution in [-0.4, -0.2) is 30.4 Å². The molecule has 3 aliphatic heterocycles. The van der Waals surface area contributed by atoms with Gasteiger partial charge >= 0.3 is 0 Å². The van der Waals surface area contributed by atoms with Crippen LogP contribution in [0.3, 0.4) is 0 Å². The van der Waals surface area contributed by atoms with Crippen molar-refractivity contribution in [3.05, 3.63) is 35.9 Å². The molecule has 1 aromatic rings. The van der Waals surface area contributed by atoms with Gasteiger partial charge in [0.2, 0.25) is 5.91 Å². The zero-order valence-electron chi connectivity index (χ0n) is 12.3. The van der Waals surface area contributed by atoms with Crippen LogP contribution in [-0.2, 0) is 9.59 Å². The average molecular weight is 297 g/mol. The van der Waals surface area contributed by atoms with Crippen LogP contribution < -0.4 is 16.0 Å². The summed E-state index contributed by atoms with van der Waals surface area (Å²) >= 11 is 0. The Labute approximate surface area is 129 Å². The molecule has 0 unspecified atom stereocenters. The second-order valence-corrected chi connectivity index (χ2v) is 6.39. The van der Waals surface area contributed by atoms with Crippen molar-refractivity contribution >= 4 is 23.1 Å². The maximum Gasteiger partial charge on any atom is 0.252 e. The fourth-order valence-corrected chi connectivity index (χ4v) is 3.57. The van der Waals surface area contributed by atoms with Gasteiger partial charge in [0.15, 0.2) is 0 Å². The van der Waals surface area contributed by atoms with Crippen LogP contribution in [0.1, 0.15) is 24.8 Å². The highest BCUT2D eigenvalue weighted by Crippen LogP contribution is 2.44. The highest BCUT2D eigenvalue weighted by atomic mass is 16.2. The van der Waals surface area contributed by atoms with E-state index in [1.54, 1.807) is 0 Å². The minimum Gasteiger partial charge on any atom is -0.371 e. The minimum absolute atomic E-state index is 0.00984. The van der Waals surface area contributed by atoms with Gasteiger partial charge in [0, 0.05) is 18.2 Å². The summed E-state index contributed by atoms with van der Waals surface area (Å²) in [5.74, 6) is -0.323. The molecule has 5 heteroatoms. The number of rotatable bonds is 3. The van der Waals surface area contributed by atoms with Gasteiger partial charge in [-0.3, -0.25) is 14.9 Å². The molecule has 5 rings (SSSR count). The van der Waals surface area contributed by atoms with E-state index in [4.69, 9.17) is 0 Å². The number of benzene rings is 1. The van der Waals surface area contributed by atoms with Crippen molar-refractivity contribution in [2.24, 2.45) is 5.92 Å². The minimum atomic E-state index is -0.589. The molecule has 3 fully saturated rings. The second-order valence-electron chi connectivity index (χ2n) is 6.39. The van der Waals surface area contributed by atoms with Crippen LogP contribution >= 0.6 is 0 Å². The molecule has 22 heavy (non-hydrogen) atoms. The lowest BCUT2D eigenvalue weighted by Gasteiger charge is -2.50. The molecule has 3 N–H and O–H groups in total. The van der Waals surface area contributed by atoms with Crippen molar-refractivity contribution in [2.45, 2.75) is 24.8 Å². The van der Waals surface area contributed by atoms with E-state index < -0.39 is 5.54 Å². The van der Waals surface area contributed by atoms with Crippen LogP contribution in [0.2, 0.25) is 0 Å². The van der Waals surface area contributed by atoms with E-state index in [1.807, 2.05) is 12.1 Å². The van der Waals surface area contributed by atoms with Gasteiger partial charge in [-0.05, 0) is 49.1 Å². The van der Waals surface area contributed by atoms with Crippen molar-refractivity contribution in [1.29, 1.82) is 0 Å². The summed E-state index contributed by atoms with van der Waals surface area (Å²) in [7, 11) is 0. The molecule has 4 aliphatic rings. The Hall–Kier alpha value is -2.14. The van der Waals surface area contributed by atoms with Gasteiger partial charge in [-0.1, -0.05) is 18.2 Å². The third kappa shape index (κ3) is 2.13. The number of carbonyl (C=O) groups is 2. The monoisotopic (exact) mass is 297 g/mol. The van der Waals surface area contributed by atoms with E-state index in [1.165, 1.54) is 11.1 Å². The zero-order chi connectivity index (χ0) is 15.2.